The largest absolute Gasteiger partial charge is 0.381 e. The van der Waals surface area contributed by atoms with E-state index in [-0.39, 0.29) is 11.7 Å². The van der Waals surface area contributed by atoms with Crippen LogP contribution in [-0.2, 0) is 16.0 Å². The lowest BCUT2D eigenvalue weighted by atomic mass is 9.91. The maximum absolute atomic E-state index is 6.32. The SMILES string of the molecule is CC1CN(c2nnnn2CC2=CCCCC2)CC2(CCOCC2)O1. The van der Waals surface area contributed by atoms with Crippen molar-refractivity contribution in [2.45, 2.75) is 63.7 Å². The Hall–Kier alpha value is -1.47. The van der Waals surface area contributed by atoms with Crippen LogP contribution in [0, 0.1) is 0 Å². The zero-order chi connectivity index (χ0) is 16.4. The molecule has 7 nitrogen and oxygen atoms in total. The highest BCUT2D eigenvalue weighted by molar-refractivity contribution is 5.31. The summed E-state index contributed by atoms with van der Waals surface area (Å²) in [4.78, 5) is 2.31. The van der Waals surface area contributed by atoms with E-state index in [1.54, 1.807) is 0 Å². The van der Waals surface area contributed by atoms with Gasteiger partial charge < -0.3 is 14.4 Å². The molecule has 1 spiro atoms. The molecule has 0 bridgehead atoms. The molecule has 1 aliphatic carbocycles. The van der Waals surface area contributed by atoms with E-state index in [0.717, 1.165) is 51.6 Å². The lowest BCUT2D eigenvalue weighted by molar-refractivity contribution is -0.146. The maximum Gasteiger partial charge on any atom is 0.246 e. The molecule has 0 radical (unpaired) electrons. The van der Waals surface area contributed by atoms with Crippen LogP contribution in [0.25, 0.3) is 0 Å². The highest BCUT2D eigenvalue weighted by Gasteiger charge is 2.42. The maximum atomic E-state index is 6.32. The molecule has 0 N–H and O–H groups in total. The molecule has 132 valence electrons. The summed E-state index contributed by atoms with van der Waals surface area (Å²) in [5.74, 6) is 0.877. The third-order valence-corrected chi connectivity index (χ3v) is 5.35. The summed E-state index contributed by atoms with van der Waals surface area (Å²) >= 11 is 0. The number of aromatic nitrogens is 4. The Labute approximate surface area is 143 Å². The van der Waals surface area contributed by atoms with Crippen molar-refractivity contribution in [1.29, 1.82) is 0 Å². The zero-order valence-corrected chi connectivity index (χ0v) is 14.5. The molecule has 0 saturated carbocycles. The van der Waals surface area contributed by atoms with Gasteiger partial charge in [-0.2, -0.15) is 0 Å². The predicted molar refractivity (Wildman–Crippen MR) is 89.9 cm³/mol. The first-order chi connectivity index (χ1) is 11.7. The van der Waals surface area contributed by atoms with Gasteiger partial charge in [-0.3, -0.25) is 0 Å². The molecule has 1 aromatic rings. The van der Waals surface area contributed by atoms with Gasteiger partial charge in [0.15, 0.2) is 0 Å². The Bertz CT molecular complexity index is 594. The van der Waals surface area contributed by atoms with Crippen molar-refractivity contribution in [2.75, 3.05) is 31.2 Å². The summed E-state index contributed by atoms with van der Waals surface area (Å²) in [6.45, 7) is 6.18. The molecule has 1 aromatic heterocycles. The first kappa shape index (κ1) is 16.0. The molecule has 1 atom stereocenters. The van der Waals surface area contributed by atoms with Gasteiger partial charge in [0.2, 0.25) is 5.95 Å². The number of ether oxygens (including phenoxy) is 2. The average molecular weight is 333 g/mol. The molecule has 2 saturated heterocycles. The molecular weight excluding hydrogens is 306 g/mol. The van der Waals surface area contributed by atoms with Crippen LogP contribution in [0.15, 0.2) is 11.6 Å². The van der Waals surface area contributed by atoms with Crippen LogP contribution in [-0.4, -0.2) is 58.2 Å². The Balaban J connectivity index is 1.52. The average Bonchev–Trinajstić information content (AvgIpc) is 3.04. The predicted octanol–water partition coefficient (Wildman–Crippen LogP) is 1.95. The Kier molecular flexibility index (Phi) is 4.54. The molecule has 4 rings (SSSR count). The van der Waals surface area contributed by atoms with Gasteiger partial charge in [0.1, 0.15) is 0 Å². The number of anilines is 1. The molecular formula is C17H27N5O2. The van der Waals surface area contributed by atoms with Gasteiger partial charge in [-0.15, -0.1) is 0 Å². The highest BCUT2D eigenvalue weighted by Crippen LogP contribution is 2.33. The van der Waals surface area contributed by atoms with Crippen molar-refractivity contribution < 1.29 is 9.47 Å². The fourth-order valence-electron chi connectivity index (χ4n) is 4.17. The van der Waals surface area contributed by atoms with E-state index >= 15 is 0 Å². The Morgan fingerprint density at radius 1 is 1.29 bits per heavy atom. The highest BCUT2D eigenvalue weighted by atomic mass is 16.5. The smallest absolute Gasteiger partial charge is 0.246 e. The molecule has 1 unspecified atom stereocenters. The van der Waals surface area contributed by atoms with Gasteiger partial charge in [0.25, 0.3) is 0 Å². The van der Waals surface area contributed by atoms with Crippen LogP contribution in [0.2, 0.25) is 0 Å². The van der Waals surface area contributed by atoms with Crippen LogP contribution >= 0.6 is 0 Å². The van der Waals surface area contributed by atoms with Crippen LogP contribution in [0.3, 0.4) is 0 Å². The fraction of sp³-hybridized carbons (Fsp3) is 0.824. The van der Waals surface area contributed by atoms with E-state index in [0.29, 0.717) is 0 Å². The molecule has 3 aliphatic rings. The number of tetrazole rings is 1. The summed E-state index contributed by atoms with van der Waals surface area (Å²) in [5, 5.41) is 12.5. The number of hydrogen-bond acceptors (Lipinski definition) is 6. The van der Waals surface area contributed by atoms with Crippen LogP contribution in [0.5, 0.6) is 0 Å². The number of allylic oxidation sites excluding steroid dienone is 2. The Morgan fingerprint density at radius 2 is 2.17 bits per heavy atom. The molecule has 24 heavy (non-hydrogen) atoms. The second-order valence-corrected chi connectivity index (χ2v) is 7.35. The second-order valence-electron chi connectivity index (χ2n) is 7.35. The van der Waals surface area contributed by atoms with Crippen molar-refractivity contribution in [3.63, 3.8) is 0 Å². The van der Waals surface area contributed by atoms with Crippen molar-refractivity contribution >= 4 is 5.95 Å². The zero-order valence-electron chi connectivity index (χ0n) is 14.5. The van der Waals surface area contributed by atoms with E-state index in [1.807, 2.05) is 4.68 Å². The number of rotatable bonds is 3. The third-order valence-electron chi connectivity index (χ3n) is 5.35. The van der Waals surface area contributed by atoms with E-state index < -0.39 is 0 Å². The molecule has 3 heterocycles. The minimum Gasteiger partial charge on any atom is -0.381 e. The van der Waals surface area contributed by atoms with Crippen molar-refractivity contribution in [3.05, 3.63) is 11.6 Å². The minimum atomic E-state index is -0.114. The van der Waals surface area contributed by atoms with Crippen LogP contribution < -0.4 is 4.90 Å². The monoisotopic (exact) mass is 333 g/mol. The lowest BCUT2D eigenvalue weighted by Crippen LogP contribution is -2.57. The number of nitrogens with zero attached hydrogens (tertiary/aromatic N) is 5. The van der Waals surface area contributed by atoms with Crippen LogP contribution in [0.4, 0.5) is 5.95 Å². The standard InChI is InChI=1S/C17H27N5O2/c1-14-11-21(13-17(24-14)7-9-23-10-8-17)16-18-19-20-22(16)12-15-5-3-2-4-6-15/h5,14H,2-4,6-13H2,1H3. The quantitative estimate of drug-likeness (QED) is 0.788. The first-order valence-electron chi connectivity index (χ1n) is 9.19. The van der Waals surface area contributed by atoms with E-state index in [4.69, 9.17) is 9.47 Å². The molecule has 0 aromatic carbocycles. The topological polar surface area (TPSA) is 65.3 Å². The molecule has 7 heteroatoms. The Morgan fingerprint density at radius 3 is 2.96 bits per heavy atom. The van der Waals surface area contributed by atoms with Crippen molar-refractivity contribution in [1.82, 2.24) is 20.2 Å². The fourth-order valence-corrected chi connectivity index (χ4v) is 4.17. The van der Waals surface area contributed by atoms with E-state index in [2.05, 4.69) is 33.4 Å². The number of hydrogen-bond donors (Lipinski definition) is 0. The summed E-state index contributed by atoms with van der Waals surface area (Å²) in [5.41, 5.74) is 1.34. The van der Waals surface area contributed by atoms with Gasteiger partial charge in [0.05, 0.1) is 24.8 Å². The number of morpholine rings is 1. The van der Waals surface area contributed by atoms with E-state index in [9.17, 15) is 0 Å². The minimum absolute atomic E-state index is 0.114. The summed E-state index contributed by atoms with van der Waals surface area (Å²) in [7, 11) is 0. The first-order valence-corrected chi connectivity index (χ1v) is 9.19. The van der Waals surface area contributed by atoms with Crippen LogP contribution in [0.1, 0.15) is 45.4 Å². The lowest BCUT2D eigenvalue weighted by Gasteiger charge is -2.47. The molecule has 2 aliphatic heterocycles. The summed E-state index contributed by atoms with van der Waals surface area (Å²) in [6.07, 6.45) is 9.36. The molecule has 2 fully saturated rings. The van der Waals surface area contributed by atoms with Crippen molar-refractivity contribution in [3.8, 4) is 0 Å². The normalized spacial score (nSPS) is 27.3. The van der Waals surface area contributed by atoms with Crippen molar-refractivity contribution in [2.24, 2.45) is 0 Å². The summed E-state index contributed by atoms with van der Waals surface area (Å²) < 4.78 is 13.8. The van der Waals surface area contributed by atoms with Gasteiger partial charge in [-0.25, -0.2) is 4.68 Å². The van der Waals surface area contributed by atoms with Gasteiger partial charge >= 0.3 is 0 Å². The van der Waals surface area contributed by atoms with E-state index in [1.165, 1.54) is 31.3 Å². The molecule has 0 amide bonds. The second kappa shape index (κ2) is 6.80. The van der Waals surface area contributed by atoms with Gasteiger partial charge in [-0.1, -0.05) is 16.7 Å². The van der Waals surface area contributed by atoms with Gasteiger partial charge in [-0.05, 0) is 43.0 Å². The summed E-state index contributed by atoms with van der Waals surface area (Å²) in [6, 6.07) is 0. The van der Waals surface area contributed by atoms with Gasteiger partial charge in [0, 0.05) is 32.6 Å². The third kappa shape index (κ3) is 3.32.